The summed E-state index contributed by atoms with van der Waals surface area (Å²) in [6.45, 7) is 3.79. The average molecular weight is 566 g/mol. The molecule has 0 fully saturated rings. The molecule has 1 amide bonds. The van der Waals surface area contributed by atoms with Crippen LogP contribution in [-0.4, -0.2) is 43.1 Å². The van der Waals surface area contributed by atoms with Gasteiger partial charge in [-0.2, -0.15) is 4.31 Å². The molecular weight excluding hydrogens is 538 g/mol. The summed E-state index contributed by atoms with van der Waals surface area (Å²) in [5.74, 6) is -0.640. The number of carbonyl (C=O) groups excluding carboxylic acids is 1. The summed E-state index contributed by atoms with van der Waals surface area (Å²) in [7, 11) is -4.77. The van der Waals surface area contributed by atoms with E-state index in [2.05, 4.69) is 0 Å². The number of furan rings is 1. The molecule has 0 unspecified atom stereocenters. The molecule has 4 aromatic rings. The molecule has 0 aliphatic carbocycles. The zero-order valence-electron chi connectivity index (χ0n) is 22.2. The van der Waals surface area contributed by atoms with Gasteiger partial charge in [0.2, 0.25) is 10.0 Å². The van der Waals surface area contributed by atoms with Crippen LogP contribution in [0.5, 0.6) is 5.75 Å². The summed E-state index contributed by atoms with van der Waals surface area (Å²) >= 11 is 0. The van der Waals surface area contributed by atoms with Gasteiger partial charge in [-0.15, -0.1) is 0 Å². The normalized spacial score (nSPS) is 13.4. The molecule has 1 aliphatic rings. The summed E-state index contributed by atoms with van der Waals surface area (Å²) in [6, 6.07) is 14.0. The Bertz CT molecular complexity index is 1700. The van der Waals surface area contributed by atoms with Crippen molar-refractivity contribution in [1.29, 1.82) is 0 Å². The van der Waals surface area contributed by atoms with Crippen molar-refractivity contribution in [3.8, 4) is 17.1 Å². The third-order valence-corrected chi connectivity index (χ3v) is 7.91. The molecule has 0 saturated carbocycles. The van der Waals surface area contributed by atoms with Gasteiger partial charge >= 0.3 is 7.12 Å². The SMILES string of the molecule is CC(C)Oc1cc2c(C(N)=O)c(-c3ccc(F)cc3)oc2cc1CN(Cc1cccc2c1COB2O)S(C)(=O)=O. The molecule has 208 valence electrons. The number of hydrogen-bond donors (Lipinski definition) is 2. The van der Waals surface area contributed by atoms with Crippen molar-refractivity contribution < 1.29 is 36.4 Å². The number of halogens is 1. The fraction of sp³-hybridized carbons (Fsp3) is 0.250. The van der Waals surface area contributed by atoms with E-state index in [0.717, 1.165) is 11.8 Å². The Balaban J connectivity index is 1.61. The van der Waals surface area contributed by atoms with Crippen LogP contribution >= 0.6 is 0 Å². The van der Waals surface area contributed by atoms with E-state index in [1.807, 2.05) is 13.8 Å². The minimum Gasteiger partial charge on any atom is -0.491 e. The lowest BCUT2D eigenvalue weighted by molar-refractivity contribution is 0.100. The second kappa shape index (κ2) is 10.7. The molecule has 1 aliphatic heterocycles. The first kappa shape index (κ1) is 27.8. The number of benzene rings is 3. The van der Waals surface area contributed by atoms with Crippen LogP contribution in [0, 0.1) is 5.82 Å². The van der Waals surface area contributed by atoms with Crippen molar-refractivity contribution in [3.05, 3.63) is 82.7 Å². The Hall–Kier alpha value is -3.71. The molecule has 1 aromatic heterocycles. The van der Waals surface area contributed by atoms with Crippen LogP contribution < -0.4 is 15.9 Å². The molecule has 12 heteroatoms. The van der Waals surface area contributed by atoms with E-state index >= 15 is 0 Å². The minimum atomic E-state index is -3.72. The maximum absolute atomic E-state index is 13.5. The van der Waals surface area contributed by atoms with Gasteiger partial charge in [0.15, 0.2) is 0 Å². The van der Waals surface area contributed by atoms with Gasteiger partial charge in [0.05, 0.1) is 24.5 Å². The maximum atomic E-state index is 13.5. The van der Waals surface area contributed by atoms with Crippen molar-refractivity contribution in [2.75, 3.05) is 6.26 Å². The van der Waals surface area contributed by atoms with Gasteiger partial charge in [-0.1, -0.05) is 18.2 Å². The Kier molecular flexibility index (Phi) is 7.45. The average Bonchev–Trinajstić information content (AvgIpc) is 3.44. The zero-order valence-corrected chi connectivity index (χ0v) is 23.0. The van der Waals surface area contributed by atoms with E-state index in [1.54, 1.807) is 30.3 Å². The highest BCUT2D eigenvalue weighted by Gasteiger charge is 2.31. The smallest absolute Gasteiger partial charge is 0.491 e. The summed E-state index contributed by atoms with van der Waals surface area (Å²) in [4.78, 5) is 12.5. The Labute approximate surface area is 231 Å². The minimum absolute atomic E-state index is 0.0305. The number of hydrogen-bond acceptors (Lipinski definition) is 7. The molecule has 3 aromatic carbocycles. The number of primary amides is 1. The summed E-state index contributed by atoms with van der Waals surface area (Å²) < 4.78 is 58.2. The van der Waals surface area contributed by atoms with Gasteiger partial charge in [-0.05, 0) is 66.8 Å². The number of amides is 1. The Morgan fingerprint density at radius 3 is 2.50 bits per heavy atom. The highest BCUT2D eigenvalue weighted by molar-refractivity contribution is 7.88. The number of fused-ring (bicyclic) bond motifs is 2. The Morgan fingerprint density at radius 1 is 1.15 bits per heavy atom. The van der Waals surface area contributed by atoms with Crippen LogP contribution in [0.25, 0.3) is 22.3 Å². The maximum Gasteiger partial charge on any atom is 0.491 e. The molecule has 0 bridgehead atoms. The van der Waals surface area contributed by atoms with Gasteiger partial charge < -0.3 is 24.6 Å². The molecule has 40 heavy (non-hydrogen) atoms. The number of nitrogens with two attached hydrogens (primary N) is 1. The number of carbonyl (C=O) groups is 1. The van der Waals surface area contributed by atoms with E-state index < -0.39 is 28.9 Å². The summed E-state index contributed by atoms with van der Waals surface area (Å²) in [5.41, 5.74) is 9.17. The molecule has 0 radical (unpaired) electrons. The highest BCUT2D eigenvalue weighted by Crippen LogP contribution is 2.38. The molecular formula is C28H28BFN2O7S. The van der Waals surface area contributed by atoms with E-state index in [4.69, 9.17) is 19.5 Å². The monoisotopic (exact) mass is 566 g/mol. The molecule has 0 spiro atoms. The van der Waals surface area contributed by atoms with Crippen molar-refractivity contribution in [1.82, 2.24) is 4.31 Å². The fourth-order valence-corrected chi connectivity index (χ4v) is 5.58. The van der Waals surface area contributed by atoms with Crippen molar-refractivity contribution in [3.63, 3.8) is 0 Å². The number of sulfonamides is 1. The van der Waals surface area contributed by atoms with Gasteiger partial charge in [-0.3, -0.25) is 4.79 Å². The van der Waals surface area contributed by atoms with E-state index in [-0.39, 0.29) is 37.1 Å². The third-order valence-electron chi connectivity index (χ3n) is 6.71. The lowest BCUT2D eigenvalue weighted by Crippen LogP contribution is -2.32. The van der Waals surface area contributed by atoms with Crippen LogP contribution in [0.3, 0.4) is 0 Å². The van der Waals surface area contributed by atoms with Crippen LogP contribution in [-0.2, 0) is 34.4 Å². The van der Waals surface area contributed by atoms with Gasteiger partial charge in [0.1, 0.15) is 22.9 Å². The third kappa shape index (κ3) is 5.48. The summed E-state index contributed by atoms with van der Waals surface area (Å²) in [5, 5.41) is 10.5. The standard InChI is InChI=1S/C28H28BFN2O7S/c1-16(2)38-24-12-21-25(39-27(26(21)28(31)33)17-7-9-20(30)10-8-17)11-19(24)14-32(40(3,35)36)13-18-5-4-6-23-22(18)15-37-29(23)34/h4-12,16,34H,13-15H2,1-3H3,(H2,31,33). The largest absolute Gasteiger partial charge is 0.491 e. The molecule has 3 N–H and O–H groups in total. The van der Waals surface area contributed by atoms with Gasteiger partial charge in [0.25, 0.3) is 5.91 Å². The second-order valence-corrected chi connectivity index (χ2v) is 12.0. The van der Waals surface area contributed by atoms with Crippen LogP contribution in [0.15, 0.2) is 59.0 Å². The number of nitrogens with zero attached hydrogens (tertiary/aromatic N) is 1. The first-order chi connectivity index (χ1) is 18.9. The molecule has 0 atom stereocenters. The van der Waals surface area contributed by atoms with Crippen molar-refractivity contribution in [2.45, 2.75) is 39.6 Å². The van der Waals surface area contributed by atoms with Gasteiger partial charge in [-0.25, -0.2) is 12.8 Å². The fourth-order valence-electron chi connectivity index (χ4n) is 4.83. The predicted molar refractivity (Wildman–Crippen MR) is 149 cm³/mol. The van der Waals surface area contributed by atoms with Crippen molar-refractivity contribution >= 4 is 39.5 Å². The first-order valence-electron chi connectivity index (χ1n) is 12.6. The second-order valence-electron chi connectivity index (χ2n) is 9.98. The zero-order chi connectivity index (χ0) is 28.8. The van der Waals surface area contributed by atoms with Crippen LogP contribution in [0.4, 0.5) is 4.39 Å². The molecule has 2 heterocycles. The van der Waals surface area contributed by atoms with Crippen LogP contribution in [0.1, 0.15) is 40.9 Å². The molecule has 0 saturated heterocycles. The molecule has 5 rings (SSSR count). The Morgan fingerprint density at radius 2 is 1.85 bits per heavy atom. The molecule has 9 nitrogen and oxygen atoms in total. The lowest BCUT2D eigenvalue weighted by Gasteiger charge is -2.23. The quantitative estimate of drug-likeness (QED) is 0.297. The number of ether oxygens (including phenoxy) is 1. The number of rotatable bonds is 9. The highest BCUT2D eigenvalue weighted by atomic mass is 32.2. The lowest BCUT2D eigenvalue weighted by atomic mass is 9.78. The van der Waals surface area contributed by atoms with E-state index in [9.17, 15) is 22.6 Å². The first-order valence-corrected chi connectivity index (χ1v) is 14.4. The van der Waals surface area contributed by atoms with Crippen LogP contribution in [0.2, 0.25) is 0 Å². The van der Waals surface area contributed by atoms with Crippen molar-refractivity contribution in [2.24, 2.45) is 5.73 Å². The topological polar surface area (TPSA) is 132 Å². The van der Waals surface area contributed by atoms with Gasteiger partial charge in [0, 0.05) is 29.6 Å². The van der Waals surface area contributed by atoms with E-state index in [1.165, 1.54) is 28.6 Å². The predicted octanol–water partition coefficient (Wildman–Crippen LogP) is 3.30. The van der Waals surface area contributed by atoms with E-state index in [0.29, 0.717) is 38.9 Å². The summed E-state index contributed by atoms with van der Waals surface area (Å²) in [6.07, 6.45) is 0.854.